The minimum atomic E-state index is -3.40. The van der Waals surface area contributed by atoms with Crippen molar-refractivity contribution in [1.29, 1.82) is 0 Å². The van der Waals surface area contributed by atoms with Crippen LogP contribution in [0, 0.1) is 0 Å². The summed E-state index contributed by atoms with van der Waals surface area (Å²) >= 11 is 0. The number of hydrogen-bond acceptors (Lipinski definition) is 4. The van der Waals surface area contributed by atoms with Crippen molar-refractivity contribution >= 4 is 10.0 Å². The highest BCUT2D eigenvalue weighted by Gasteiger charge is 2.28. The van der Waals surface area contributed by atoms with Gasteiger partial charge in [0, 0.05) is 35.6 Å². The molecule has 32 heavy (non-hydrogen) atoms. The number of aromatic nitrogens is 3. The average molecular weight is 447 g/mol. The van der Waals surface area contributed by atoms with Gasteiger partial charge in [-0.1, -0.05) is 54.6 Å². The lowest BCUT2D eigenvalue weighted by Gasteiger charge is -2.19. The third-order valence-electron chi connectivity index (χ3n) is 5.22. The second kappa shape index (κ2) is 8.68. The summed E-state index contributed by atoms with van der Waals surface area (Å²) in [7, 11) is -3.40. The van der Waals surface area contributed by atoms with Crippen molar-refractivity contribution in [2.24, 2.45) is 0 Å². The van der Waals surface area contributed by atoms with E-state index in [4.69, 9.17) is 4.98 Å². The summed E-state index contributed by atoms with van der Waals surface area (Å²) in [6.45, 7) is 5.29. The number of benzene rings is 2. The predicted molar refractivity (Wildman–Crippen MR) is 128 cm³/mol. The van der Waals surface area contributed by atoms with Crippen molar-refractivity contribution in [2.45, 2.75) is 32.1 Å². The van der Waals surface area contributed by atoms with Gasteiger partial charge in [0.15, 0.2) is 0 Å². The molecule has 0 saturated heterocycles. The molecule has 0 fully saturated rings. The summed E-state index contributed by atoms with van der Waals surface area (Å²) in [4.78, 5) is 12.4. The van der Waals surface area contributed by atoms with Gasteiger partial charge in [-0.15, -0.1) is 0 Å². The molecule has 2 heterocycles. The zero-order chi connectivity index (χ0) is 22.8. The number of H-pyrrole nitrogens is 1. The maximum Gasteiger partial charge on any atom is 0.216 e. The van der Waals surface area contributed by atoms with Crippen molar-refractivity contribution in [1.82, 2.24) is 19.7 Å². The summed E-state index contributed by atoms with van der Waals surface area (Å²) in [5.74, 6) is 0.787. The van der Waals surface area contributed by atoms with E-state index >= 15 is 0 Å². The van der Waals surface area contributed by atoms with Crippen LogP contribution in [0.15, 0.2) is 79.1 Å². The van der Waals surface area contributed by atoms with Gasteiger partial charge in [-0.3, -0.25) is 4.98 Å². The quantitative estimate of drug-likeness (QED) is 0.435. The fraction of sp³-hybridized carbons (Fsp3) is 0.200. The van der Waals surface area contributed by atoms with E-state index in [1.807, 2.05) is 66.7 Å². The highest BCUT2D eigenvalue weighted by atomic mass is 32.2. The Morgan fingerprint density at radius 1 is 0.844 bits per heavy atom. The van der Waals surface area contributed by atoms with Crippen LogP contribution in [0.4, 0.5) is 0 Å². The SMILES string of the molecule is CC(C)(C)S(=O)(=O)NCc1ccc(-c2[nH]c(-c3ccccc3)nc2-c2ccncc2)cc1. The van der Waals surface area contributed by atoms with E-state index in [1.165, 1.54) is 0 Å². The Bertz CT molecular complexity index is 1290. The summed E-state index contributed by atoms with van der Waals surface area (Å²) in [5, 5.41) is 0. The van der Waals surface area contributed by atoms with Gasteiger partial charge in [0.1, 0.15) is 5.82 Å². The molecule has 0 spiro atoms. The van der Waals surface area contributed by atoms with Crippen molar-refractivity contribution in [3.05, 3.63) is 84.7 Å². The van der Waals surface area contributed by atoms with Crippen LogP contribution in [0.1, 0.15) is 26.3 Å². The van der Waals surface area contributed by atoms with Crippen molar-refractivity contribution < 1.29 is 8.42 Å². The number of nitrogens with zero attached hydrogens (tertiary/aromatic N) is 2. The Balaban J connectivity index is 1.66. The van der Waals surface area contributed by atoms with Crippen LogP contribution in [0.3, 0.4) is 0 Å². The molecule has 2 N–H and O–H groups in total. The van der Waals surface area contributed by atoms with E-state index in [0.29, 0.717) is 0 Å². The van der Waals surface area contributed by atoms with E-state index in [-0.39, 0.29) is 6.54 Å². The van der Waals surface area contributed by atoms with Crippen LogP contribution >= 0.6 is 0 Å². The Morgan fingerprint density at radius 3 is 2.12 bits per heavy atom. The molecule has 0 aliphatic rings. The first-order chi connectivity index (χ1) is 15.2. The lowest BCUT2D eigenvalue weighted by Crippen LogP contribution is -2.38. The van der Waals surface area contributed by atoms with E-state index in [2.05, 4.69) is 14.7 Å². The monoisotopic (exact) mass is 446 g/mol. The maximum atomic E-state index is 12.3. The van der Waals surface area contributed by atoms with Gasteiger partial charge < -0.3 is 4.98 Å². The summed E-state index contributed by atoms with van der Waals surface area (Å²) in [6.07, 6.45) is 3.50. The Hall–Kier alpha value is -3.29. The summed E-state index contributed by atoms with van der Waals surface area (Å²) < 4.78 is 26.5. The second-order valence-electron chi connectivity index (χ2n) is 8.54. The average Bonchev–Trinajstić information content (AvgIpc) is 3.24. The minimum absolute atomic E-state index is 0.245. The fourth-order valence-corrected chi connectivity index (χ4v) is 4.01. The third-order valence-corrected chi connectivity index (χ3v) is 7.36. The largest absolute Gasteiger partial charge is 0.337 e. The molecule has 4 aromatic rings. The van der Waals surface area contributed by atoms with Crippen molar-refractivity contribution in [3.8, 4) is 33.9 Å². The molecule has 0 unspecified atom stereocenters. The number of imidazole rings is 1. The summed E-state index contributed by atoms with van der Waals surface area (Å²) in [5.41, 5.74) is 5.56. The fourth-order valence-electron chi connectivity index (χ4n) is 3.22. The van der Waals surface area contributed by atoms with Crippen molar-refractivity contribution in [2.75, 3.05) is 0 Å². The normalized spacial score (nSPS) is 12.1. The number of aromatic amines is 1. The van der Waals surface area contributed by atoms with E-state index in [1.54, 1.807) is 33.2 Å². The first kappa shape index (κ1) is 21.9. The number of sulfonamides is 1. The van der Waals surface area contributed by atoms with Crippen LogP contribution in [0.25, 0.3) is 33.9 Å². The highest BCUT2D eigenvalue weighted by molar-refractivity contribution is 7.90. The standard InChI is InChI=1S/C25H26N4O2S/c1-25(2,3)32(30,31)27-17-18-9-11-19(12-10-18)22-23(20-13-15-26-16-14-20)29-24(28-22)21-7-5-4-6-8-21/h4-16,27H,17H2,1-3H3,(H,28,29). The molecule has 0 aliphatic carbocycles. The molecule has 0 aliphatic heterocycles. The molecule has 0 bridgehead atoms. The molecule has 2 aromatic carbocycles. The third kappa shape index (κ3) is 4.64. The Labute approximate surface area is 188 Å². The van der Waals surface area contributed by atoms with Gasteiger partial charge in [-0.2, -0.15) is 0 Å². The zero-order valence-electron chi connectivity index (χ0n) is 18.3. The molecule has 164 valence electrons. The maximum absolute atomic E-state index is 12.3. The zero-order valence-corrected chi connectivity index (χ0v) is 19.1. The first-order valence-electron chi connectivity index (χ1n) is 10.4. The van der Waals surface area contributed by atoms with Crippen LogP contribution in [0.5, 0.6) is 0 Å². The van der Waals surface area contributed by atoms with E-state index in [0.717, 1.165) is 39.5 Å². The molecule has 2 aromatic heterocycles. The molecule has 0 radical (unpaired) electrons. The molecule has 7 heteroatoms. The second-order valence-corrected chi connectivity index (χ2v) is 11.1. The smallest absolute Gasteiger partial charge is 0.216 e. The first-order valence-corrected chi connectivity index (χ1v) is 11.9. The van der Waals surface area contributed by atoms with Crippen LogP contribution in [-0.4, -0.2) is 28.1 Å². The van der Waals surface area contributed by atoms with Crippen LogP contribution in [-0.2, 0) is 16.6 Å². The molecule has 6 nitrogen and oxygen atoms in total. The number of pyridine rings is 1. The van der Waals surface area contributed by atoms with Gasteiger partial charge in [0.25, 0.3) is 0 Å². The van der Waals surface area contributed by atoms with Crippen molar-refractivity contribution in [3.63, 3.8) is 0 Å². The van der Waals surface area contributed by atoms with Crippen LogP contribution < -0.4 is 4.72 Å². The number of rotatable bonds is 6. The van der Waals surface area contributed by atoms with E-state index < -0.39 is 14.8 Å². The van der Waals surface area contributed by atoms with Gasteiger partial charge >= 0.3 is 0 Å². The minimum Gasteiger partial charge on any atom is -0.337 e. The highest BCUT2D eigenvalue weighted by Crippen LogP contribution is 2.33. The van der Waals surface area contributed by atoms with Gasteiger partial charge in [0.05, 0.1) is 16.1 Å². The predicted octanol–water partition coefficient (Wildman–Crippen LogP) is 5.02. The lowest BCUT2D eigenvalue weighted by molar-refractivity contribution is 0.544. The molecule has 0 saturated carbocycles. The number of hydrogen-bond donors (Lipinski definition) is 2. The van der Waals surface area contributed by atoms with Crippen LogP contribution in [0.2, 0.25) is 0 Å². The molecule has 0 amide bonds. The van der Waals surface area contributed by atoms with Gasteiger partial charge in [-0.05, 0) is 38.5 Å². The molecular formula is C25H26N4O2S. The Kier molecular flexibility index (Phi) is 5.95. The van der Waals surface area contributed by atoms with Gasteiger partial charge in [-0.25, -0.2) is 18.1 Å². The van der Waals surface area contributed by atoms with E-state index in [9.17, 15) is 8.42 Å². The molecule has 0 atom stereocenters. The number of nitrogens with one attached hydrogen (secondary N) is 2. The summed E-state index contributed by atoms with van der Waals surface area (Å²) in [6, 6.07) is 21.7. The Morgan fingerprint density at radius 2 is 1.50 bits per heavy atom. The topological polar surface area (TPSA) is 87.7 Å². The lowest BCUT2D eigenvalue weighted by atomic mass is 10.0. The molecule has 4 rings (SSSR count). The molecular weight excluding hydrogens is 420 g/mol. The van der Waals surface area contributed by atoms with Gasteiger partial charge in [0.2, 0.25) is 10.0 Å².